The highest BCUT2D eigenvalue weighted by Gasteiger charge is 2.37. The summed E-state index contributed by atoms with van der Waals surface area (Å²) in [5, 5.41) is 2.91. The van der Waals surface area contributed by atoms with Gasteiger partial charge >= 0.3 is 0 Å². The molecule has 0 aromatic heterocycles. The van der Waals surface area contributed by atoms with E-state index in [1.54, 1.807) is 32.4 Å². The number of anilines is 1. The molecule has 1 atom stereocenters. The minimum Gasteiger partial charge on any atom is -0.493 e. The van der Waals surface area contributed by atoms with Crippen LogP contribution in [0.5, 0.6) is 11.5 Å². The van der Waals surface area contributed by atoms with Crippen molar-refractivity contribution < 1.29 is 19.1 Å². The molecule has 0 radical (unpaired) electrons. The Kier molecular flexibility index (Phi) is 6.01. The van der Waals surface area contributed by atoms with E-state index in [0.29, 0.717) is 36.2 Å². The van der Waals surface area contributed by atoms with Crippen molar-refractivity contribution >= 4 is 17.5 Å². The van der Waals surface area contributed by atoms with Crippen molar-refractivity contribution in [2.45, 2.75) is 51.0 Å². The zero-order valence-corrected chi connectivity index (χ0v) is 15.6. The molecule has 0 spiro atoms. The number of carbonyl (C=O) groups is 2. The van der Waals surface area contributed by atoms with Gasteiger partial charge in [0, 0.05) is 30.8 Å². The highest BCUT2D eigenvalue weighted by atomic mass is 16.5. The number of benzene rings is 1. The summed E-state index contributed by atoms with van der Waals surface area (Å²) < 4.78 is 10.5. The zero-order valence-electron chi connectivity index (χ0n) is 15.6. The highest BCUT2D eigenvalue weighted by Crippen LogP contribution is 2.31. The van der Waals surface area contributed by atoms with Gasteiger partial charge in [0.2, 0.25) is 11.8 Å². The normalized spacial score (nSPS) is 21.4. The predicted octanol–water partition coefficient (Wildman–Crippen LogP) is 3.21. The van der Waals surface area contributed by atoms with Gasteiger partial charge in [-0.2, -0.15) is 0 Å². The number of hydrogen-bond donors (Lipinski definition) is 1. The molecule has 0 bridgehead atoms. The first-order valence-electron chi connectivity index (χ1n) is 9.44. The van der Waals surface area contributed by atoms with Crippen LogP contribution < -0.4 is 14.8 Å². The maximum Gasteiger partial charge on any atom is 0.229 e. The van der Waals surface area contributed by atoms with Crippen molar-refractivity contribution in [2.24, 2.45) is 5.92 Å². The molecule has 3 rings (SSSR count). The van der Waals surface area contributed by atoms with Crippen LogP contribution in [0, 0.1) is 5.92 Å². The van der Waals surface area contributed by atoms with E-state index in [1.807, 2.05) is 4.90 Å². The van der Waals surface area contributed by atoms with Gasteiger partial charge in [-0.1, -0.05) is 25.7 Å². The Labute approximate surface area is 154 Å². The second-order valence-corrected chi connectivity index (χ2v) is 7.15. The number of carbonyl (C=O) groups excluding carboxylic acids is 2. The molecular formula is C20H28N2O4. The van der Waals surface area contributed by atoms with E-state index >= 15 is 0 Å². The molecule has 1 aliphatic heterocycles. The predicted molar refractivity (Wildman–Crippen MR) is 99.5 cm³/mol. The van der Waals surface area contributed by atoms with Crippen LogP contribution in [0.3, 0.4) is 0 Å². The number of nitrogens with one attached hydrogen (secondary N) is 1. The number of likely N-dealkylation sites (tertiary alicyclic amines) is 1. The molecule has 2 amide bonds. The molecule has 6 nitrogen and oxygen atoms in total. The quantitative estimate of drug-likeness (QED) is 0.819. The van der Waals surface area contributed by atoms with E-state index in [0.717, 1.165) is 12.8 Å². The maximum atomic E-state index is 12.6. The summed E-state index contributed by atoms with van der Waals surface area (Å²) in [4.78, 5) is 27.0. The van der Waals surface area contributed by atoms with Gasteiger partial charge in [0.1, 0.15) is 0 Å². The average molecular weight is 360 g/mol. The van der Waals surface area contributed by atoms with Gasteiger partial charge in [0.25, 0.3) is 0 Å². The van der Waals surface area contributed by atoms with Crippen LogP contribution in [0.2, 0.25) is 0 Å². The van der Waals surface area contributed by atoms with Crippen molar-refractivity contribution in [1.82, 2.24) is 4.90 Å². The first kappa shape index (κ1) is 18.5. The van der Waals surface area contributed by atoms with Crippen LogP contribution in [-0.2, 0) is 9.59 Å². The first-order chi connectivity index (χ1) is 12.6. The summed E-state index contributed by atoms with van der Waals surface area (Å²) in [5.41, 5.74) is 0.646. The molecule has 1 aliphatic carbocycles. The fourth-order valence-electron chi connectivity index (χ4n) is 3.99. The van der Waals surface area contributed by atoms with Crippen LogP contribution in [0.4, 0.5) is 5.69 Å². The van der Waals surface area contributed by atoms with E-state index in [4.69, 9.17) is 9.47 Å². The summed E-state index contributed by atoms with van der Waals surface area (Å²) >= 11 is 0. The molecule has 1 aromatic carbocycles. The van der Waals surface area contributed by atoms with E-state index < -0.39 is 0 Å². The number of ether oxygens (including phenoxy) is 2. The standard InChI is InChI=1S/C20H28N2O4/c1-25-17-10-9-15(12-18(17)26-2)21-20(24)14-11-19(23)22(13-14)16-7-5-3-4-6-8-16/h9-10,12,14,16H,3-8,11,13H2,1-2H3,(H,21,24). The zero-order chi connectivity index (χ0) is 18.5. The number of rotatable bonds is 5. The Balaban J connectivity index is 1.62. The molecule has 6 heteroatoms. The highest BCUT2D eigenvalue weighted by molar-refractivity contribution is 5.97. The van der Waals surface area contributed by atoms with Gasteiger partial charge in [-0.3, -0.25) is 9.59 Å². The largest absolute Gasteiger partial charge is 0.493 e. The monoisotopic (exact) mass is 360 g/mol. The second kappa shape index (κ2) is 8.43. The Morgan fingerprint density at radius 3 is 2.42 bits per heavy atom. The maximum absolute atomic E-state index is 12.6. The van der Waals surface area contributed by atoms with Crippen molar-refractivity contribution in [3.05, 3.63) is 18.2 Å². The number of methoxy groups -OCH3 is 2. The molecule has 26 heavy (non-hydrogen) atoms. The molecule has 2 fully saturated rings. The topological polar surface area (TPSA) is 67.9 Å². The first-order valence-corrected chi connectivity index (χ1v) is 9.44. The van der Waals surface area contributed by atoms with Crippen molar-refractivity contribution in [3.8, 4) is 11.5 Å². The smallest absolute Gasteiger partial charge is 0.229 e. The van der Waals surface area contributed by atoms with Crippen molar-refractivity contribution in [3.63, 3.8) is 0 Å². The van der Waals surface area contributed by atoms with E-state index in [9.17, 15) is 9.59 Å². The molecular weight excluding hydrogens is 332 g/mol. The summed E-state index contributed by atoms with van der Waals surface area (Å²) in [5.74, 6) is 0.888. The number of amides is 2. The number of hydrogen-bond acceptors (Lipinski definition) is 4. The fourth-order valence-corrected chi connectivity index (χ4v) is 3.99. The molecule has 1 saturated carbocycles. The Morgan fingerprint density at radius 2 is 1.77 bits per heavy atom. The third-order valence-corrected chi connectivity index (χ3v) is 5.45. The third-order valence-electron chi connectivity index (χ3n) is 5.45. The van der Waals surface area contributed by atoms with Crippen LogP contribution in [-0.4, -0.2) is 43.5 Å². The summed E-state index contributed by atoms with van der Waals surface area (Å²) in [6.07, 6.45) is 7.29. The Hall–Kier alpha value is -2.24. The van der Waals surface area contributed by atoms with Crippen LogP contribution in [0.25, 0.3) is 0 Å². The number of nitrogens with zero attached hydrogens (tertiary/aromatic N) is 1. The minimum absolute atomic E-state index is 0.110. The Bertz CT molecular complexity index is 653. The molecule has 1 unspecified atom stereocenters. The second-order valence-electron chi connectivity index (χ2n) is 7.15. The molecule has 1 saturated heterocycles. The lowest BCUT2D eigenvalue weighted by Crippen LogP contribution is -2.37. The van der Waals surface area contributed by atoms with Gasteiger partial charge in [-0.25, -0.2) is 0 Å². The summed E-state index contributed by atoms with van der Waals surface area (Å²) in [6.45, 7) is 0.530. The van der Waals surface area contributed by atoms with E-state index in [2.05, 4.69) is 5.32 Å². The molecule has 1 aromatic rings. The van der Waals surface area contributed by atoms with Gasteiger partial charge in [-0.05, 0) is 25.0 Å². The van der Waals surface area contributed by atoms with E-state index in [-0.39, 0.29) is 17.7 Å². The summed E-state index contributed by atoms with van der Waals surface area (Å²) in [7, 11) is 3.13. The lowest BCUT2D eigenvalue weighted by atomic mass is 10.1. The van der Waals surface area contributed by atoms with Gasteiger partial charge in [0.05, 0.1) is 20.1 Å². The average Bonchev–Trinajstić information content (AvgIpc) is 2.86. The minimum atomic E-state index is -0.293. The molecule has 1 N–H and O–H groups in total. The van der Waals surface area contributed by atoms with Crippen molar-refractivity contribution in [2.75, 3.05) is 26.1 Å². The van der Waals surface area contributed by atoms with Gasteiger partial charge in [0.15, 0.2) is 11.5 Å². The fraction of sp³-hybridized carbons (Fsp3) is 0.600. The third kappa shape index (κ3) is 4.11. The van der Waals surface area contributed by atoms with Crippen molar-refractivity contribution in [1.29, 1.82) is 0 Å². The lowest BCUT2D eigenvalue weighted by molar-refractivity contribution is -0.130. The molecule has 2 aliphatic rings. The van der Waals surface area contributed by atoms with Crippen LogP contribution >= 0.6 is 0 Å². The van der Waals surface area contributed by atoms with Gasteiger partial charge in [-0.15, -0.1) is 0 Å². The Morgan fingerprint density at radius 1 is 1.08 bits per heavy atom. The van der Waals surface area contributed by atoms with Crippen LogP contribution in [0.15, 0.2) is 18.2 Å². The van der Waals surface area contributed by atoms with E-state index in [1.165, 1.54) is 25.7 Å². The van der Waals surface area contributed by atoms with Crippen LogP contribution in [0.1, 0.15) is 44.9 Å². The summed E-state index contributed by atoms with van der Waals surface area (Å²) in [6, 6.07) is 5.57. The lowest BCUT2D eigenvalue weighted by Gasteiger charge is -2.27. The van der Waals surface area contributed by atoms with Gasteiger partial charge < -0.3 is 19.7 Å². The molecule has 142 valence electrons. The molecule has 1 heterocycles. The SMILES string of the molecule is COc1ccc(NC(=O)C2CC(=O)N(C3CCCCCC3)C2)cc1OC.